The van der Waals surface area contributed by atoms with Crippen molar-refractivity contribution in [3.05, 3.63) is 83.4 Å². The van der Waals surface area contributed by atoms with Gasteiger partial charge in [-0.1, -0.05) is 61.9 Å². The summed E-state index contributed by atoms with van der Waals surface area (Å²) in [6.07, 6.45) is 3.46. The first-order valence-corrected chi connectivity index (χ1v) is 10.3. The molecule has 0 unspecified atom stereocenters. The number of benzene rings is 3. The summed E-state index contributed by atoms with van der Waals surface area (Å²) >= 11 is 0. The van der Waals surface area contributed by atoms with E-state index in [2.05, 4.69) is 0 Å². The third-order valence-electron chi connectivity index (χ3n) is 4.80. The molecule has 5 heteroatoms. The first kappa shape index (κ1) is 22.1. The summed E-state index contributed by atoms with van der Waals surface area (Å²) in [5.41, 5.74) is 1.60. The van der Waals surface area contributed by atoms with Crippen LogP contribution in [0.25, 0.3) is 16.8 Å². The molecule has 160 valence electrons. The minimum Gasteiger partial charge on any atom is -0.488 e. The Balaban J connectivity index is 1.82. The summed E-state index contributed by atoms with van der Waals surface area (Å²) in [6.45, 7) is 2.47. The van der Waals surface area contributed by atoms with Crippen molar-refractivity contribution >= 4 is 28.8 Å². The Labute approximate surface area is 182 Å². The molecule has 5 nitrogen and oxygen atoms in total. The Kier molecular flexibility index (Phi) is 7.82. The molecule has 3 aromatic carbocycles. The largest absolute Gasteiger partial charge is 0.488 e. The maximum atomic E-state index is 12.7. The van der Waals surface area contributed by atoms with Crippen LogP contribution in [0.2, 0.25) is 0 Å². The predicted octanol–water partition coefficient (Wildman–Crippen LogP) is 5.43. The average molecular weight is 418 g/mol. The predicted molar refractivity (Wildman–Crippen MR) is 121 cm³/mol. The van der Waals surface area contributed by atoms with Crippen LogP contribution in [0.3, 0.4) is 0 Å². The third kappa shape index (κ3) is 5.95. The van der Waals surface area contributed by atoms with Gasteiger partial charge >= 0.3 is 11.9 Å². The quantitative estimate of drug-likeness (QED) is 0.263. The fraction of sp³-hybridized carbons (Fsp3) is 0.231. The van der Waals surface area contributed by atoms with E-state index in [4.69, 9.17) is 14.2 Å². The minimum atomic E-state index is -0.411. The van der Waals surface area contributed by atoms with Gasteiger partial charge in [-0.25, -0.2) is 9.59 Å². The second-order valence-electron chi connectivity index (χ2n) is 7.04. The number of fused-ring (bicyclic) bond motifs is 1. The van der Waals surface area contributed by atoms with Crippen molar-refractivity contribution in [1.82, 2.24) is 0 Å². The van der Waals surface area contributed by atoms with E-state index in [0.717, 1.165) is 29.2 Å². The molecule has 0 fully saturated rings. The Morgan fingerprint density at radius 1 is 0.935 bits per heavy atom. The number of carbonyl (C=O) groups is 2. The molecule has 0 aliphatic rings. The molecule has 0 radical (unpaired) electrons. The molecule has 0 aliphatic carbocycles. The molecule has 0 amide bonds. The van der Waals surface area contributed by atoms with Gasteiger partial charge in [-0.15, -0.1) is 0 Å². The Bertz CT molecular complexity index is 1060. The van der Waals surface area contributed by atoms with Crippen LogP contribution in [0.5, 0.6) is 5.75 Å². The molecular weight excluding hydrogens is 392 g/mol. The van der Waals surface area contributed by atoms with Gasteiger partial charge in [0.15, 0.2) is 0 Å². The highest BCUT2D eigenvalue weighted by molar-refractivity contribution is 5.95. The molecule has 0 aliphatic heterocycles. The van der Waals surface area contributed by atoms with E-state index < -0.39 is 11.9 Å². The fourth-order valence-corrected chi connectivity index (χ4v) is 3.07. The number of hydrogen-bond donors (Lipinski definition) is 0. The summed E-state index contributed by atoms with van der Waals surface area (Å²) in [4.78, 5) is 24.3. The van der Waals surface area contributed by atoms with Gasteiger partial charge in [-0.2, -0.15) is 0 Å². The smallest absolute Gasteiger partial charge is 0.337 e. The van der Waals surface area contributed by atoms with Crippen molar-refractivity contribution in [2.45, 2.75) is 19.8 Å². The van der Waals surface area contributed by atoms with E-state index in [0.29, 0.717) is 23.5 Å². The lowest BCUT2D eigenvalue weighted by molar-refractivity contribution is -0.139. The molecule has 0 aromatic heterocycles. The van der Waals surface area contributed by atoms with Crippen LogP contribution in [0.4, 0.5) is 0 Å². The minimum absolute atomic E-state index is 0.0672. The second kappa shape index (κ2) is 11.0. The van der Waals surface area contributed by atoms with E-state index >= 15 is 0 Å². The van der Waals surface area contributed by atoms with Crippen LogP contribution in [0, 0.1) is 0 Å². The number of carbonyl (C=O) groups excluding carboxylic acids is 2. The topological polar surface area (TPSA) is 61.8 Å². The standard InChI is InChI=1S/C26H26O5/c1-3-4-16-30-26(28)22(17-19-12-14-21(15-13-19)25(27)29-2)18-31-24-11-7-9-20-8-5-6-10-23(20)24/h5-15,17H,3-4,16,18H2,1-2H3/b22-17-. The van der Waals surface area contributed by atoms with Gasteiger partial charge in [0.2, 0.25) is 0 Å². The SMILES string of the molecule is CCCCOC(=O)/C(=C\c1ccc(C(=O)OC)cc1)COc1cccc2ccccc12. The van der Waals surface area contributed by atoms with Gasteiger partial charge in [0.05, 0.1) is 24.9 Å². The Morgan fingerprint density at radius 2 is 1.68 bits per heavy atom. The van der Waals surface area contributed by atoms with Gasteiger partial charge < -0.3 is 14.2 Å². The number of esters is 2. The van der Waals surface area contributed by atoms with Crippen molar-refractivity contribution in [1.29, 1.82) is 0 Å². The molecule has 0 atom stereocenters. The maximum Gasteiger partial charge on any atom is 0.337 e. The molecule has 0 spiro atoms. The third-order valence-corrected chi connectivity index (χ3v) is 4.80. The molecule has 3 rings (SSSR count). The van der Waals surface area contributed by atoms with E-state index in [1.807, 2.05) is 49.4 Å². The lowest BCUT2D eigenvalue weighted by Crippen LogP contribution is -2.15. The zero-order chi connectivity index (χ0) is 22.1. The summed E-state index contributed by atoms with van der Waals surface area (Å²) in [7, 11) is 1.34. The van der Waals surface area contributed by atoms with Crippen LogP contribution in [-0.4, -0.2) is 32.3 Å². The van der Waals surface area contributed by atoms with E-state index in [9.17, 15) is 9.59 Å². The first-order valence-electron chi connectivity index (χ1n) is 10.3. The van der Waals surface area contributed by atoms with Gasteiger partial charge in [0, 0.05) is 5.39 Å². The van der Waals surface area contributed by atoms with Crippen LogP contribution in [0.15, 0.2) is 72.3 Å². The van der Waals surface area contributed by atoms with Crippen molar-refractivity contribution < 1.29 is 23.8 Å². The second-order valence-corrected chi connectivity index (χ2v) is 7.04. The normalized spacial score (nSPS) is 11.2. The molecule has 0 saturated carbocycles. The fourth-order valence-electron chi connectivity index (χ4n) is 3.07. The summed E-state index contributed by atoms with van der Waals surface area (Å²) in [5.74, 6) is -0.119. The van der Waals surface area contributed by atoms with Crippen LogP contribution in [-0.2, 0) is 14.3 Å². The molecule has 0 N–H and O–H groups in total. The maximum absolute atomic E-state index is 12.7. The van der Waals surface area contributed by atoms with E-state index in [1.165, 1.54) is 7.11 Å². The van der Waals surface area contributed by atoms with Gasteiger partial charge in [-0.05, 0) is 41.6 Å². The average Bonchev–Trinajstić information content (AvgIpc) is 2.81. The van der Waals surface area contributed by atoms with Crippen molar-refractivity contribution in [3.8, 4) is 5.75 Å². The summed E-state index contributed by atoms with van der Waals surface area (Å²) in [5, 5.41) is 2.04. The molecular formula is C26H26O5. The number of rotatable bonds is 9. The highest BCUT2D eigenvalue weighted by Crippen LogP contribution is 2.26. The zero-order valence-corrected chi connectivity index (χ0v) is 17.8. The monoisotopic (exact) mass is 418 g/mol. The van der Waals surface area contributed by atoms with Gasteiger partial charge in [0.1, 0.15) is 12.4 Å². The highest BCUT2D eigenvalue weighted by atomic mass is 16.5. The zero-order valence-electron chi connectivity index (χ0n) is 17.8. The van der Waals surface area contributed by atoms with Gasteiger partial charge in [-0.3, -0.25) is 0 Å². The van der Waals surface area contributed by atoms with Crippen LogP contribution >= 0.6 is 0 Å². The van der Waals surface area contributed by atoms with E-state index in [-0.39, 0.29) is 6.61 Å². The number of hydrogen-bond acceptors (Lipinski definition) is 5. The van der Waals surface area contributed by atoms with Crippen molar-refractivity contribution in [3.63, 3.8) is 0 Å². The lowest BCUT2D eigenvalue weighted by Gasteiger charge is -2.12. The summed E-state index contributed by atoms with van der Waals surface area (Å²) < 4.78 is 16.2. The molecule has 3 aromatic rings. The molecule has 0 bridgehead atoms. The summed E-state index contributed by atoms with van der Waals surface area (Å²) in [6, 6.07) is 20.6. The van der Waals surface area contributed by atoms with Crippen LogP contribution in [0.1, 0.15) is 35.7 Å². The number of ether oxygens (including phenoxy) is 3. The van der Waals surface area contributed by atoms with Crippen molar-refractivity contribution in [2.75, 3.05) is 20.3 Å². The first-order chi connectivity index (χ1) is 15.1. The van der Waals surface area contributed by atoms with Crippen LogP contribution < -0.4 is 4.74 Å². The Morgan fingerprint density at radius 3 is 2.42 bits per heavy atom. The lowest BCUT2D eigenvalue weighted by atomic mass is 10.1. The molecule has 31 heavy (non-hydrogen) atoms. The molecule has 0 heterocycles. The Hall–Kier alpha value is -3.60. The van der Waals surface area contributed by atoms with Crippen molar-refractivity contribution in [2.24, 2.45) is 0 Å². The highest BCUT2D eigenvalue weighted by Gasteiger charge is 2.14. The van der Waals surface area contributed by atoms with Gasteiger partial charge in [0.25, 0.3) is 0 Å². The molecule has 0 saturated heterocycles. The van der Waals surface area contributed by atoms with E-state index in [1.54, 1.807) is 30.3 Å². The number of methoxy groups -OCH3 is 1. The number of unbranched alkanes of at least 4 members (excludes halogenated alkanes) is 1.